The lowest BCUT2D eigenvalue weighted by Gasteiger charge is -2.24. The van der Waals surface area contributed by atoms with Gasteiger partial charge in [0.05, 0.1) is 12.5 Å². The summed E-state index contributed by atoms with van der Waals surface area (Å²) in [6, 6.07) is 12.7. The first-order valence-electron chi connectivity index (χ1n) is 11.5. The van der Waals surface area contributed by atoms with Crippen LogP contribution >= 0.6 is 12.6 Å². The summed E-state index contributed by atoms with van der Waals surface area (Å²) in [4.78, 5) is 61.3. The van der Waals surface area contributed by atoms with E-state index in [1.165, 1.54) is 0 Å². The summed E-state index contributed by atoms with van der Waals surface area (Å²) in [5, 5.41) is 17.0. The van der Waals surface area contributed by atoms with Gasteiger partial charge >= 0.3 is 5.97 Å². The summed E-state index contributed by atoms with van der Waals surface area (Å²) in [7, 11) is 0. The number of primary amides is 1. The van der Waals surface area contributed by atoms with Gasteiger partial charge in [0.1, 0.15) is 18.1 Å². The standard InChI is InChI=1S/C25H31N5O6S/c26-17(13-21(27)31)22(32)28-18(11-15-7-3-1-4-8-15)23(33)30-20(14-37)24(34)29-19(25(35)36)12-16-9-5-2-6-10-16/h1-10,17-20,37H,11-14,26H2,(H2,27,31)(H,28,32)(H,29,34)(H,30,33)(H,35,36). The maximum atomic E-state index is 13.1. The van der Waals surface area contributed by atoms with Gasteiger partial charge in [0.15, 0.2) is 0 Å². The van der Waals surface area contributed by atoms with Crippen LogP contribution in [-0.2, 0) is 36.8 Å². The summed E-state index contributed by atoms with van der Waals surface area (Å²) in [6.07, 6.45) is -0.306. The van der Waals surface area contributed by atoms with Crippen LogP contribution in [-0.4, -0.2) is 64.6 Å². The first-order valence-corrected chi connectivity index (χ1v) is 12.1. The number of carbonyl (C=O) groups is 5. The van der Waals surface area contributed by atoms with Crippen molar-refractivity contribution in [2.75, 3.05) is 5.75 Å². The summed E-state index contributed by atoms with van der Waals surface area (Å²) in [6.45, 7) is 0. The predicted octanol–water partition coefficient (Wildman–Crippen LogP) is -0.857. The van der Waals surface area contributed by atoms with E-state index < -0.39 is 60.2 Å². The van der Waals surface area contributed by atoms with E-state index in [0.717, 1.165) is 0 Å². The second-order valence-corrected chi connectivity index (χ2v) is 8.73. The molecular formula is C25H31N5O6S. The van der Waals surface area contributed by atoms with E-state index >= 15 is 0 Å². The van der Waals surface area contributed by atoms with Gasteiger partial charge in [-0.1, -0.05) is 60.7 Å². The molecule has 4 amide bonds. The van der Waals surface area contributed by atoms with E-state index in [1.807, 2.05) is 0 Å². The Balaban J connectivity index is 2.13. The van der Waals surface area contributed by atoms with Gasteiger partial charge in [-0.25, -0.2) is 4.79 Å². The van der Waals surface area contributed by atoms with Crippen molar-refractivity contribution in [3.63, 3.8) is 0 Å². The number of nitrogens with two attached hydrogens (primary N) is 2. The number of rotatable bonds is 14. The van der Waals surface area contributed by atoms with E-state index in [2.05, 4.69) is 28.6 Å². The van der Waals surface area contributed by atoms with Gasteiger partial charge in [0.25, 0.3) is 0 Å². The first-order chi connectivity index (χ1) is 17.6. The van der Waals surface area contributed by atoms with Crippen molar-refractivity contribution >= 4 is 42.2 Å². The minimum atomic E-state index is -1.26. The number of thiol groups is 1. The summed E-state index contributed by atoms with van der Waals surface area (Å²) in [5.41, 5.74) is 12.2. The molecule has 0 aromatic heterocycles. The van der Waals surface area contributed by atoms with Crippen molar-refractivity contribution in [3.05, 3.63) is 71.8 Å². The third kappa shape index (κ3) is 9.94. The molecule has 0 fully saturated rings. The van der Waals surface area contributed by atoms with Crippen molar-refractivity contribution in [1.29, 1.82) is 0 Å². The van der Waals surface area contributed by atoms with E-state index in [4.69, 9.17) is 11.5 Å². The van der Waals surface area contributed by atoms with Crippen LogP contribution < -0.4 is 27.4 Å². The van der Waals surface area contributed by atoms with E-state index in [1.54, 1.807) is 60.7 Å². The van der Waals surface area contributed by atoms with Crippen LogP contribution in [0.3, 0.4) is 0 Å². The van der Waals surface area contributed by atoms with Crippen LogP contribution in [0, 0.1) is 0 Å². The van der Waals surface area contributed by atoms with Crippen LogP contribution in [0.15, 0.2) is 60.7 Å². The highest BCUT2D eigenvalue weighted by molar-refractivity contribution is 7.80. The maximum Gasteiger partial charge on any atom is 0.326 e. The smallest absolute Gasteiger partial charge is 0.326 e. The van der Waals surface area contributed by atoms with Crippen LogP contribution in [0.5, 0.6) is 0 Å². The van der Waals surface area contributed by atoms with Gasteiger partial charge in [-0.2, -0.15) is 12.6 Å². The fourth-order valence-corrected chi connectivity index (χ4v) is 3.69. The molecule has 0 saturated heterocycles. The van der Waals surface area contributed by atoms with Crippen molar-refractivity contribution in [1.82, 2.24) is 16.0 Å². The Hall–Kier alpha value is -3.90. The number of carbonyl (C=O) groups excluding carboxylic acids is 4. The fraction of sp³-hybridized carbons (Fsp3) is 0.320. The Morgan fingerprint density at radius 2 is 1.16 bits per heavy atom. The van der Waals surface area contributed by atoms with Gasteiger partial charge < -0.3 is 32.5 Å². The van der Waals surface area contributed by atoms with Gasteiger partial charge in [-0.15, -0.1) is 0 Å². The zero-order valence-corrected chi connectivity index (χ0v) is 20.9. The minimum Gasteiger partial charge on any atom is -0.480 e. The molecular weight excluding hydrogens is 498 g/mol. The van der Waals surface area contributed by atoms with Crippen LogP contribution in [0.1, 0.15) is 17.5 Å². The second-order valence-electron chi connectivity index (χ2n) is 8.36. The van der Waals surface area contributed by atoms with Crippen LogP contribution in [0.25, 0.3) is 0 Å². The molecule has 37 heavy (non-hydrogen) atoms. The Morgan fingerprint density at radius 3 is 1.62 bits per heavy atom. The Labute approximate surface area is 219 Å². The average Bonchev–Trinajstić information content (AvgIpc) is 2.86. The average molecular weight is 530 g/mol. The van der Waals surface area contributed by atoms with Gasteiger partial charge in [0, 0.05) is 18.6 Å². The molecule has 0 spiro atoms. The molecule has 0 aliphatic carbocycles. The number of amides is 4. The van der Waals surface area contributed by atoms with Crippen LogP contribution in [0.2, 0.25) is 0 Å². The molecule has 2 rings (SSSR count). The highest BCUT2D eigenvalue weighted by Crippen LogP contribution is 2.07. The molecule has 12 heteroatoms. The zero-order chi connectivity index (χ0) is 27.4. The molecule has 0 aliphatic rings. The fourth-order valence-electron chi connectivity index (χ4n) is 3.44. The van der Waals surface area contributed by atoms with E-state index in [0.29, 0.717) is 11.1 Å². The van der Waals surface area contributed by atoms with Gasteiger partial charge in [-0.05, 0) is 11.1 Å². The molecule has 2 aromatic rings. The third-order valence-corrected chi connectivity index (χ3v) is 5.75. The molecule has 2 aromatic carbocycles. The normalized spacial score (nSPS) is 13.9. The van der Waals surface area contributed by atoms with Crippen molar-refractivity contribution in [2.24, 2.45) is 11.5 Å². The molecule has 0 aliphatic heterocycles. The Morgan fingerprint density at radius 1 is 0.730 bits per heavy atom. The van der Waals surface area contributed by atoms with Crippen LogP contribution in [0.4, 0.5) is 0 Å². The summed E-state index contributed by atoms with van der Waals surface area (Å²) in [5.74, 6) is -4.38. The molecule has 0 radical (unpaired) electrons. The van der Waals surface area contributed by atoms with Crippen molar-refractivity contribution in [3.8, 4) is 0 Å². The molecule has 11 nitrogen and oxygen atoms in total. The largest absolute Gasteiger partial charge is 0.480 e. The Bertz CT molecular complexity index is 1090. The lowest BCUT2D eigenvalue weighted by atomic mass is 10.0. The van der Waals surface area contributed by atoms with E-state index in [-0.39, 0.29) is 18.6 Å². The number of carboxylic acid groups (broad SMARTS) is 1. The number of nitrogens with one attached hydrogen (secondary N) is 3. The lowest BCUT2D eigenvalue weighted by molar-refractivity contribution is -0.142. The SMILES string of the molecule is NC(=O)CC(N)C(=O)NC(Cc1ccccc1)C(=O)NC(CS)C(=O)NC(Cc1ccccc1)C(=O)O. The third-order valence-electron chi connectivity index (χ3n) is 5.39. The number of hydrogen-bond acceptors (Lipinski definition) is 7. The van der Waals surface area contributed by atoms with Gasteiger partial charge in [0.2, 0.25) is 23.6 Å². The second kappa shape index (κ2) is 14.6. The zero-order valence-electron chi connectivity index (χ0n) is 20.0. The monoisotopic (exact) mass is 529 g/mol. The highest BCUT2D eigenvalue weighted by atomic mass is 32.1. The molecule has 0 saturated carbocycles. The number of hydrogen-bond donors (Lipinski definition) is 7. The molecule has 4 atom stereocenters. The summed E-state index contributed by atoms with van der Waals surface area (Å²) >= 11 is 4.13. The van der Waals surface area contributed by atoms with Crippen molar-refractivity contribution < 1.29 is 29.1 Å². The minimum absolute atomic E-state index is 0.0413. The van der Waals surface area contributed by atoms with Crippen molar-refractivity contribution in [2.45, 2.75) is 43.4 Å². The first kappa shape index (κ1) is 29.3. The Kier molecular flexibility index (Phi) is 11.6. The highest BCUT2D eigenvalue weighted by Gasteiger charge is 2.30. The summed E-state index contributed by atoms with van der Waals surface area (Å²) < 4.78 is 0. The molecule has 4 unspecified atom stereocenters. The molecule has 198 valence electrons. The number of carboxylic acids is 1. The topological polar surface area (TPSA) is 194 Å². The molecule has 0 heterocycles. The van der Waals surface area contributed by atoms with E-state index in [9.17, 15) is 29.1 Å². The predicted molar refractivity (Wildman–Crippen MR) is 139 cm³/mol. The lowest BCUT2D eigenvalue weighted by Crippen LogP contribution is -2.58. The number of aliphatic carboxylic acids is 1. The number of benzene rings is 2. The maximum absolute atomic E-state index is 13.1. The van der Waals surface area contributed by atoms with Gasteiger partial charge in [-0.3, -0.25) is 19.2 Å². The quantitative estimate of drug-likeness (QED) is 0.155. The molecule has 0 bridgehead atoms. The molecule has 8 N–H and O–H groups in total.